The van der Waals surface area contributed by atoms with Gasteiger partial charge in [0.2, 0.25) is 11.8 Å². The number of anilines is 1. The molecule has 4 amide bonds. The van der Waals surface area contributed by atoms with Gasteiger partial charge in [-0.05, 0) is 43.3 Å². The van der Waals surface area contributed by atoms with Gasteiger partial charge in [0, 0.05) is 11.3 Å². The number of hydrogen-bond donors (Lipinski definition) is 2. The summed E-state index contributed by atoms with van der Waals surface area (Å²) in [7, 11) is 0. The van der Waals surface area contributed by atoms with Crippen molar-refractivity contribution < 1.29 is 19.2 Å². The zero-order valence-corrected chi connectivity index (χ0v) is 13.4. The fraction of sp³-hybridized carbons (Fsp3) is 0.111. The van der Waals surface area contributed by atoms with Crippen LogP contribution in [0.4, 0.5) is 5.69 Å². The highest BCUT2D eigenvalue weighted by molar-refractivity contribution is 6.23. The molecule has 1 aliphatic heterocycles. The van der Waals surface area contributed by atoms with Gasteiger partial charge in [-0.2, -0.15) is 0 Å². The van der Waals surface area contributed by atoms with Gasteiger partial charge < -0.3 is 11.1 Å². The zero-order chi connectivity index (χ0) is 18.1. The predicted molar refractivity (Wildman–Crippen MR) is 90.0 cm³/mol. The molecule has 0 saturated carbocycles. The Balaban J connectivity index is 1.76. The van der Waals surface area contributed by atoms with Crippen LogP contribution >= 0.6 is 0 Å². The molecule has 7 nitrogen and oxygen atoms in total. The molecule has 1 heterocycles. The van der Waals surface area contributed by atoms with Crippen molar-refractivity contribution in [1.82, 2.24) is 4.90 Å². The first kappa shape index (κ1) is 16.4. The minimum atomic E-state index is -0.983. The van der Waals surface area contributed by atoms with E-state index in [0.717, 1.165) is 4.90 Å². The SMILES string of the molecule is CC(C(=O)Nc1ccc(C(N)=O)cc1)N1C(=O)c2ccccc2C1=O. The molecule has 126 valence electrons. The number of imide groups is 1. The maximum atomic E-state index is 12.4. The van der Waals surface area contributed by atoms with Crippen LogP contribution in [0.2, 0.25) is 0 Å². The number of fused-ring (bicyclic) bond motifs is 1. The van der Waals surface area contributed by atoms with Gasteiger partial charge in [-0.15, -0.1) is 0 Å². The zero-order valence-electron chi connectivity index (χ0n) is 13.4. The van der Waals surface area contributed by atoms with Gasteiger partial charge in [-0.1, -0.05) is 12.1 Å². The Bertz CT molecular complexity index is 854. The Kier molecular flexibility index (Phi) is 4.06. The van der Waals surface area contributed by atoms with Crippen molar-refractivity contribution in [1.29, 1.82) is 0 Å². The Morgan fingerprint density at radius 2 is 1.48 bits per heavy atom. The summed E-state index contributed by atoms with van der Waals surface area (Å²) < 4.78 is 0. The van der Waals surface area contributed by atoms with Crippen molar-refractivity contribution in [3.8, 4) is 0 Å². The van der Waals surface area contributed by atoms with Crippen molar-refractivity contribution in [2.75, 3.05) is 5.32 Å². The predicted octanol–water partition coefficient (Wildman–Crippen LogP) is 1.41. The van der Waals surface area contributed by atoms with Crippen molar-refractivity contribution in [3.05, 3.63) is 65.2 Å². The third-order valence-electron chi connectivity index (χ3n) is 4.03. The van der Waals surface area contributed by atoms with E-state index in [2.05, 4.69) is 5.32 Å². The van der Waals surface area contributed by atoms with Crippen LogP contribution in [0.3, 0.4) is 0 Å². The largest absolute Gasteiger partial charge is 0.366 e. The third-order valence-corrected chi connectivity index (χ3v) is 4.03. The lowest BCUT2D eigenvalue weighted by Gasteiger charge is -2.21. The highest BCUT2D eigenvalue weighted by atomic mass is 16.2. The Labute approximate surface area is 143 Å². The number of hydrogen-bond acceptors (Lipinski definition) is 4. The van der Waals surface area contributed by atoms with Crippen LogP contribution in [0.1, 0.15) is 38.0 Å². The molecule has 0 saturated heterocycles. The third kappa shape index (κ3) is 2.87. The molecule has 25 heavy (non-hydrogen) atoms. The molecular weight excluding hydrogens is 322 g/mol. The van der Waals surface area contributed by atoms with Crippen LogP contribution in [0, 0.1) is 0 Å². The molecule has 1 atom stereocenters. The number of primary amides is 1. The van der Waals surface area contributed by atoms with Crippen LogP contribution < -0.4 is 11.1 Å². The van der Waals surface area contributed by atoms with E-state index in [4.69, 9.17) is 5.73 Å². The number of nitrogens with zero attached hydrogens (tertiary/aromatic N) is 1. The molecule has 2 aromatic carbocycles. The molecule has 2 aromatic rings. The molecule has 7 heteroatoms. The van der Waals surface area contributed by atoms with Crippen LogP contribution in [-0.2, 0) is 4.79 Å². The first-order valence-corrected chi connectivity index (χ1v) is 7.58. The summed E-state index contributed by atoms with van der Waals surface area (Å²) in [6, 6.07) is 11.5. The van der Waals surface area contributed by atoms with Crippen LogP contribution in [0.5, 0.6) is 0 Å². The summed E-state index contributed by atoms with van der Waals surface area (Å²) in [5.74, 6) is -2.07. The lowest BCUT2D eigenvalue weighted by atomic mass is 10.1. The Morgan fingerprint density at radius 1 is 0.960 bits per heavy atom. The van der Waals surface area contributed by atoms with E-state index in [1.54, 1.807) is 24.3 Å². The quantitative estimate of drug-likeness (QED) is 0.822. The fourth-order valence-electron chi connectivity index (χ4n) is 2.64. The summed E-state index contributed by atoms with van der Waals surface area (Å²) in [6.07, 6.45) is 0. The van der Waals surface area contributed by atoms with Gasteiger partial charge in [0.1, 0.15) is 6.04 Å². The molecular formula is C18H15N3O4. The van der Waals surface area contributed by atoms with E-state index >= 15 is 0 Å². The molecule has 3 N–H and O–H groups in total. The molecule has 0 aromatic heterocycles. The highest BCUT2D eigenvalue weighted by Crippen LogP contribution is 2.25. The van der Waals surface area contributed by atoms with E-state index in [0.29, 0.717) is 11.3 Å². The van der Waals surface area contributed by atoms with E-state index in [1.807, 2.05) is 0 Å². The van der Waals surface area contributed by atoms with E-state index in [-0.39, 0.29) is 11.1 Å². The van der Waals surface area contributed by atoms with E-state index < -0.39 is 29.7 Å². The van der Waals surface area contributed by atoms with Crippen LogP contribution in [-0.4, -0.2) is 34.6 Å². The Hall–Kier alpha value is -3.48. The molecule has 0 spiro atoms. The van der Waals surface area contributed by atoms with Crippen LogP contribution in [0.15, 0.2) is 48.5 Å². The summed E-state index contributed by atoms with van der Waals surface area (Å²) in [6.45, 7) is 1.48. The number of amides is 4. The first-order chi connectivity index (χ1) is 11.9. The average Bonchev–Trinajstić information content (AvgIpc) is 2.86. The fourth-order valence-corrected chi connectivity index (χ4v) is 2.64. The number of nitrogens with two attached hydrogens (primary N) is 1. The second kappa shape index (κ2) is 6.20. The average molecular weight is 337 g/mol. The summed E-state index contributed by atoms with van der Waals surface area (Å²) in [5, 5.41) is 2.62. The van der Waals surface area contributed by atoms with Crippen LogP contribution in [0.25, 0.3) is 0 Å². The summed E-state index contributed by atoms with van der Waals surface area (Å²) in [4.78, 5) is 49.2. The number of carbonyl (C=O) groups excluding carboxylic acids is 4. The number of carbonyl (C=O) groups is 4. The van der Waals surface area contributed by atoms with Gasteiger partial charge in [0.15, 0.2) is 0 Å². The molecule has 1 aliphatic rings. The highest BCUT2D eigenvalue weighted by Gasteiger charge is 2.40. The van der Waals surface area contributed by atoms with Gasteiger partial charge in [0.05, 0.1) is 11.1 Å². The number of nitrogens with one attached hydrogen (secondary N) is 1. The number of rotatable bonds is 4. The van der Waals surface area contributed by atoms with Gasteiger partial charge in [-0.3, -0.25) is 24.1 Å². The van der Waals surface area contributed by atoms with E-state index in [1.165, 1.54) is 31.2 Å². The van der Waals surface area contributed by atoms with Crippen molar-refractivity contribution >= 4 is 29.3 Å². The Morgan fingerprint density at radius 3 is 1.96 bits per heavy atom. The minimum Gasteiger partial charge on any atom is -0.366 e. The molecule has 1 unspecified atom stereocenters. The monoisotopic (exact) mass is 337 g/mol. The molecule has 0 fully saturated rings. The molecule has 0 bridgehead atoms. The lowest BCUT2D eigenvalue weighted by molar-refractivity contribution is -0.119. The number of benzene rings is 2. The van der Waals surface area contributed by atoms with Crippen molar-refractivity contribution in [2.45, 2.75) is 13.0 Å². The van der Waals surface area contributed by atoms with Gasteiger partial charge in [0.25, 0.3) is 11.8 Å². The molecule has 3 rings (SSSR count). The maximum absolute atomic E-state index is 12.4. The van der Waals surface area contributed by atoms with Crippen molar-refractivity contribution in [3.63, 3.8) is 0 Å². The minimum absolute atomic E-state index is 0.290. The lowest BCUT2D eigenvalue weighted by Crippen LogP contribution is -2.45. The van der Waals surface area contributed by atoms with Gasteiger partial charge in [-0.25, -0.2) is 0 Å². The molecule has 0 radical (unpaired) electrons. The first-order valence-electron chi connectivity index (χ1n) is 7.58. The smallest absolute Gasteiger partial charge is 0.262 e. The van der Waals surface area contributed by atoms with Crippen molar-refractivity contribution in [2.24, 2.45) is 5.73 Å². The molecule has 0 aliphatic carbocycles. The summed E-state index contributed by atoms with van der Waals surface area (Å²) in [5.41, 5.74) is 6.48. The second-order valence-electron chi connectivity index (χ2n) is 5.63. The summed E-state index contributed by atoms with van der Waals surface area (Å²) >= 11 is 0. The van der Waals surface area contributed by atoms with Gasteiger partial charge >= 0.3 is 0 Å². The standard InChI is InChI=1S/C18H15N3O4/c1-10(16(23)20-12-8-6-11(7-9-12)15(19)22)21-17(24)13-4-2-3-5-14(13)18(21)25/h2-10H,1H3,(H2,19,22)(H,20,23). The van der Waals surface area contributed by atoms with E-state index in [9.17, 15) is 19.2 Å². The second-order valence-corrected chi connectivity index (χ2v) is 5.63. The topological polar surface area (TPSA) is 110 Å². The normalized spacial score (nSPS) is 14.2. The maximum Gasteiger partial charge on any atom is 0.262 e.